The van der Waals surface area contributed by atoms with Gasteiger partial charge in [-0.2, -0.15) is 0 Å². The molecule has 0 fully saturated rings. The number of pyridine rings is 2. The number of nitrogens with two attached hydrogens (primary N) is 1. The molecule has 0 aliphatic heterocycles. The highest BCUT2D eigenvalue weighted by molar-refractivity contribution is 5.77. The Labute approximate surface area is 123 Å². The van der Waals surface area contributed by atoms with E-state index in [0.717, 1.165) is 28.1 Å². The van der Waals surface area contributed by atoms with Crippen LogP contribution in [0.3, 0.4) is 0 Å². The minimum Gasteiger partial charge on any atom is -0.324 e. The van der Waals surface area contributed by atoms with Crippen molar-refractivity contribution in [1.29, 1.82) is 0 Å². The van der Waals surface area contributed by atoms with Gasteiger partial charge in [-0.25, -0.2) is 9.97 Å². The highest BCUT2D eigenvalue weighted by Gasteiger charge is 2.19. The van der Waals surface area contributed by atoms with Crippen LogP contribution in [0.1, 0.15) is 19.4 Å². The lowest BCUT2D eigenvalue weighted by atomic mass is 10.1. The van der Waals surface area contributed by atoms with Crippen LogP contribution in [0, 0.1) is 6.92 Å². The summed E-state index contributed by atoms with van der Waals surface area (Å²) in [5.41, 5.74) is 9.66. The van der Waals surface area contributed by atoms with Crippen LogP contribution in [0.25, 0.3) is 22.6 Å². The molecular formula is C16H19N5. The van der Waals surface area contributed by atoms with Crippen molar-refractivity contribution in [2.45, 2.75) is 32.9 Å². The van der Waals surface area contributed by atoms with Gasteiger partial charge in [0.25, 0.3) is 0 Å². The van der Waals surface area contributed by atoms with Crippen LogP contribution in [0.15, 0.2) is 36.8 Å². The molecule has 0 atom stereocenters. The second kappa shape index (κ2) is 4.93. The fraction of sp³-hybridized carbons (Fsp3) is 0.312. The van der Waals surface area contributed by atoms with Crippen molar-refractivity contribution in [3.8, 4) is 11.4 Å². The maximum atomic E-state index is 6.20. The average molecular weight is 281 g/mol. The van der Waals surface area contributed by atoms with Crippen LogP contribution >= 0.6 is 0 Å². The van der Waals surface area contributed by atoms with Crippen molar-refractivity contribution in [2.75, 3.05) is 0 Å². The lowest BCUT2D eigenvalue weighted by Crippen LogP contribution is -2.37. The molecule has 2 N–H and O–H groups in total. The zero-order valence-electron chi connectivity index (χ0n) is 12.5. The Balaban J connectivity index is 2.25. The Kier molecular flexibility index (Phi) is 3.22. The first kappa shape index (κ1) is 13.7. The molecule has 0 spiro atoms. The van der Waals surface area contributed by atoms with E-state index in [1.165, 1.54) is 0 Å². The normalized spacial score (nSPS) is 12.0. The molecule has 5 heteroatoms. The second-order valence-electron chi connectivity index (χ2n) is 6.11. The van der Waals surface area contributed by atoms with Gasteiger partial charge in [0.2, 0.25) is 0 Å². The standard InChI is InChI=1S/C16H19N5/c1-11-7-13-15(19-8-11)21(10-16(2,3)17)14(20-13)12-5-4-6-18-9-12/h4-9H,10,17H2,1-3H3. The largest absolute Gasteiger partial charge is 0.324 e. The molecule has 3 aromatic rings. The van der Waals surface area contributed by atoms with Gasteiger partial charge in [0.05, 0.1) is 0 Å². The smallest absolute Gasteiger partial charge is 0.160 e. The number of rotatable bonds is 3. The van der Waals surface area contributed by atoms with Crippen molar-refractivity contribution >= 4 is 11.2 Å². The summed E-state index contributed by atoms with van der Waals surface area (Å²) in [6, 6.07) is 5.95. The van der Waals surface area contributed by atoms with Gasteiger partial charge in [0, 0.05) is 36.2 Å². The zero-order valence-corrected chi connectivity index (χ0v) is 12.5. The number of aryl methyl sites for hydroxylation is 1. The van der Waals surface area contributed by atoms with E-state index in [0.29, 0.717) is 6.54 Å². The first-order valence-corrected chi connectivity index (χ1v) is 6.96. The SMILES string of the molecule is Cc1cnc2c(c1)nc(-c1cccnc1)n2CC(C)(C)N. The monoisotopic (exact) mass is 281 g/mol. The highest BCUT2D eigenvalue weighted by Crippen LogP contribution is 2.25. The number of aromatic nitrogens is 4. The van der Waals surface area contributed by atoms with Crippen LogP contribution in [-0.2, 0) is 6.54 Å². The van der Waals surface area contributed by atoms with Gasteiger partial charge < -0.3 is 10.3 Å². The maximum absolute atomic E-state index is 6.20. The van der Waals surface area contributed by atoms with E-state index in [4.69, 9.17) is 10.7 Å². The van der Waals surface area contributed by atoms with Crippen LogP contribution in [0.2, 0.25) is 0 Å². The number of imidazole rings is 1. The van der Waals surface area contributed by atoms with Gasteiger partial charge in [-0.15, -0.1) is 0 Å². The highest BCUT2D eigenvalue weighted by atomic mass is 15.1. The van der Waals surface area contributed by atoms with E-state index in [1.807, 2.05) is 51.4 Å². The molecule has 108 valence electrons. The lowest BCUT2D eigenvalue weighted by Gasteiger charge is -2.21. The minimum absolute atomic E-state index is 0.350. The Morgan fingerprint density at radius 3 is 2.76 bits per heavy atom. The van der Waals surface area contributed by atoms with Gasteiger partial charge in [0.1, 0.15) is 11.3 Å². The summed E-state index contributed by atoms with van der Waals surface area (Å²) < 4.78 is 2.08. The van der Waals surface area contributed by atoms with E-state index in [-0.39, 0.29) is 5.54 Å². The van der Waals surface area contributed by atoms with Crippen LogP contribution in [0.4, 0.5) is 0 Å². The topological polar surface area (TPSA) is 69.6 Å². The van der Waals surface area contributed by atoms with Crippen molar-refractivity contribution < 1.29 is 0 Å². The Morgan fingerprint density at radius 1 is 1.29 bits per heavy atom. The van der Waals surface area contributed by atoms with Gasteiger partial charge in [-0.1, -0.05) is 0 Å². The van der Waals surface area contributed by atoms with Crippen molar-refractivity contribution in [3.05, 3.63) is 42.4 Å². The number of nitrogens with zero attached hydrogens (tertiary/aromatic N) is 4. The molecule has 5 nitrogen and oxygen atoms in total. The van der Waals surface area contributed by atoms with Crippen molar-refractivity contribution in [2.24, 2.45) is 5.73 Å². The van der Waals surface area contributed by atoms with Crippen LogP contribution < -0.4 is 5.73 Å². The molecule has 0 unspecified atom stereocenters. The molecule has 3 rings (SSSR count). The molecule has 0 saturated carbocycles. The van der Waals surface area contributed by atoms with E-state index in [2.05, 4.69) is 14.5 Å². The minimum atomic E-state index is -0.350. The van der Waals surface area contributed by atoms with E-state index in [9.17, 15) is 0 Å². The van der Waals surface area contributed by atoms with Crippen LogP contribution in [0.5, 0.6) is 0 Å². The summed E-state index contributed by atoms with van der Waals surface area (Å²) in [6.07, 6.45) is 5.43. The lowest BCUT2D eigenvalue weighted by molar-refractivity contribution is 0.441. The van der Waals surface area contributed by atoms with Gasteiger partial charge in [-0.05, 0) is 44.5 Å². The number of hydrogen-bond donors (Lipinski definition) is 1. The molecule has 0 aliphatic rings. The third kappa shape index (κ3) is 2.78. The average Bonchev–Trinajstić information content (AvgIpc) is 2.76. The molecule has 0 bridgehead atoms. The predicted molar refractivity (Wildman–Crippen MR) is 83.8 cm³/mol. The Hall–Kier alpha value is -2.27. The van der Waals surface area contributed by atoms with Gasteiger partial charge in [-0.3, -0.25) is 4.98 Å². The molecule has 0 aliphatic carbocycles. The van der Waals surface area contributed by atoms with Crippen LogP contribution in [-0.4, -0.2) is 25.1 Å². The van der Waals surface area contributed by atoms with E-state index in [1.54, 1.807) is 6.20 Å². The summed E-state index contributed by atoms with van der Waals surface area (Å²) in [7, 11) is 0. The summed E-state index contributed by atoms with van der Waals surface area (Å²) in [5.74, 6) is 0.856. The summed E-state index contributed by atoms with van der Waals surface area (Å²) in [5, 5.41) is 0. The Morgan fingerprint density at radius 2 is 2.10 bits per heavy atom. The first-order chi connectivity index (χ1) is 9.94. The summed E-state index contributed by atoms with van der Waals surface area (Å²) in [4.78, 5) is 13.4. The van der Waals surface area contributed by atoms with E-state index < -0.39 is 0 Å². The molecular weight excluding hydrogens is 262 g/mol. The summed E-state index contributed by atoms with van der Waals surface area (Å²) >= 11 is 0. The fourth-order valence-corrected chi connectivity index (χ4v) is 2.38. The Bertz CT molecular complexity index is 768. The fourth-order valence-electron chi connectivity index (χ4n) is 2.38. The zero-order chi connectivity index (χ0) is 15.0. The van der Waals surface area contributed by atoms with E-state index >= 15 is 0 Å². The molecule has 3 aromatic heterocycles. The predicted octanol–water partition coefficient (Wildman–Crippen LogP) is 2.54. The molecule has 0 saturated heterocycles. The summed E-state index contributed by atoms with van der Waals surface area (Å²) in [6.45, 7) is 6.66. The van der Waals surface area contributed by atoms with Gasteiger partial charge in [0.15, 0.2) is 5.65 Å². The quantitative estimate of drug-likeness (QED) is 0.801. The molecule has 0 radical (unpaired) electrons. The number of hydrogen-bond acceptors (Lipinski definition) is 4. The third-order valence-electron chi connectivity index (χ3n) is 3.21. The third-order valence-corrected chi connectivity index (χ3v) is 3.21. The van der Waals surface area contributed by atoms with Gasteiger partial charge >= 0.3 is 0 Å². The second-order valence-corrected chi connectivity index (χ2v) is 6.11. The number of fused-ring (bicyclic) bond motifs is 1. The maximum Gasteiger partial charge on any atom is 0.160 e. The van der Waals surface area contributed by atoms with Crippen molar-refractivity contribution in [3.63, 3.8) is 0 Å². The first-order valence-electron chi connectivity index (χ1n) is 6.96. The molecule has 21 heavy (non-hydrogen) atoms. The van der Waals surface area contributed by atoms with Crippen molar-refractivity contribution in [1.82, 2.24) is 19.5 Å². The molecule has 3 heterocycles. The molecule has 0 amide bonds. The molecule has 0 aromatic carbocycles.